The van der Waals surface area contributed by atoms with Gasteiger partial charge in [0, 0.05) is 20.5 Å². The molecule has 4 aromatic rings. The van der Waals surface area contributed by atoms with Gasteiger partial charge in [-0.15, -0.1) is 11.3 Å². The molecule has 0 N–H and O–H groups in total. The second-order valence-corrected chi connectivity index (χ2v) is 8.87. The summed E-state index contributed by atoms with van der Waals surface area (Å²) in [5.74, 6) is 0. The molecular formula is C31H36S. The van der Waals surface area contributed by atoms with Crippen LogP contribution in [-0.4, -0.2) is 0 Å². The van der Waals surface area contributed by atoms with E-state index in [1.165, 1.54) is 64.3 Å². The van der Waals surface area contributed by atoms with Crippen LogP contribution in [0, 0.1) is 13.8 Å². The Kier molecular flexibility index (Phi) is 7.74. The van der Waals surface area contributed by atoms with Crippen LogP contribution in [0.5, 0.6) is 0 Å². The van der Waals surface area contributed by atoms with Crippen molar-refractivity contribution in [1.29, 1.82) is 0 Å². The van der Waals surface area contributed by atoms with Gasteiger partial charge in [-0.2, -0.15) is 0 Å². The van der Waals surface area contributed by atoms with Crippen molar-refractivity contribution in [2.45, 2.75) is 61.3 Å². The predicted octanol–water partition coefficient (Wildman–Crippen LogP) is 10.3. The Labute approximate surface area is 198 Å². The number of hydrogen-bond donors (Lipinski definition) is 0. The summed E-state index contributed by atoms with van der Waals surface area (Å²) >= 11 is 1.97. The maximum Gasteiger partial charge on any atom is 0.0358 e. The molecule has 0 bridgehead atoms. The van der Waals surface area contributed by atoms with Crippen LogP contribution in [-0.2, 0) is 6.42 Å². The fourth-order valence-corrected chi connectivity index (χ4v) is 6.10. The Morgan fingerprint density at radius 3 is 1.97 bits per heavy atom. The van der Waals surface area contributed by atoms with Gasteiger partial charge >= 0.3 is 0 Å². The molecule has 1 aliphatic rings. The highest BCUT2D eigenvalue weighted by atomic mass is 32.1. The number of hydrogen-bond acceptors (Lipinski definition) is 1. The van der Waals surface area contributed by atoms with Crippen molar-refractivity contribution < 1.29 is 0 Å². The second-order valence-electron chi connectivity index (χ2n) is 7.73. The van der Waals surface area contributed by atoms with Crippen LogP contribution in [0.25, 0.3) is 37.2 Å². The minimum absolute atomic E-state index is 1.10. The quantitative estimate of drug-likeness (QED) is 0.272. The molecule has 0 saturated heterocycles. The lowest BCUT2D eigenvalue weighted by atomic mass is 9.86. The van der Waals surface area contributed by atoms with Gasteiger partial charge in [0.1, 0.15) is 0 Å². The van der Waals surface area contributed by atoms with Crippen molar-refractivity contribution in [3.8, 4) is 0 Å². The van der Waals surface area contributed by atoms with Crippen LogP contribution in [0.4, 0.5) is 0 Å². The monoisotopic (exact) mass is 440 g/mol. The van der Waals surface area contributed by atoms with Crippen molar-refractivity contribution in [2.24, 2.45) is 0 Å². The second kappa shape index (κ2) is 10.3. The first kappa shape index (κ1) is 24.0. The Bertz CT molecular complexity index is 1340. The lowest BCUT2D eigenvalue weighted by Gasteiger charge is -2.17. The first-order valence-corrected chi connectivity index (χ1v) is 12.8. The van der Waals surface area contributed by atoms with E-state index < -0.39 is 0 Å². The summed E-state index contributed by atoms with van der Waals surface area (Å²) in [4.78, 5) is 1.51. The van der Waals surface area contributed by atoms with Gasteiger partial charge in [0.25, 0.3) is 0 Å². The highest BCUT2D eigenvalue weighted by Crippen LogP contribution is 2.45. The molecule has 0 saturated carbocycles. The van der Waals surface area contributed by atoms with Gasteiger partial charge in [-0.3, -0.25) is 0 Å². The zero-order valence-electron chi connectivity index (χ0n) is 20.7. The highest BCUT2D eigenvalue weighted by Gasteiger charge is 2.22. The average molecular weight is 441 g/mol. The molecule has 1 aromatic heterocycles. The fraction of sp³-hybridized carbons (Fsp3) is 0.290. The highest BCUT2D eigenvalue weighted by molar-refractivity contribution is 7.19. The summed E-state index contributed by atoms with van der Waals surface area (Å²) in [6, 6.07) is 13.7. The lowest BCUT2D eigenvalue weighted by molar-refractivity contribution is 0.968. The SMILES string of the molecule is C=CC1=C(/C=C\C)CCc2sc3cc4c(C)c5ccccc5c(C)c4cc3c21.CC.CC. The van der Waals surface area contributed by atoms with Crippen LogP contribution in [0.15, 0.2) is 66.8 Å². The molecule has 0 radical (unpaired) electrons. The third kappa shape index (κ3) is 3.84. The molecule has 0 fully saturated rings. The summed E-state index contributed by atoms with van der Waals surface area (Å²) in [5, 5.41) is 6.90. The van der Waals surface area contributed by atoms with E-state index in [9.17, 15) is 0 Å². The van der Waals surface area contributed by atoms with E-state index in [4.69, 9.17) is 0 Å². The number of rotatable bonds is 2. The summed E-state index contributed by atoms with van der Waals surface area (Å²) in [6.07, 6.45) is 8.69. The summed E-state index contributed by atoms with van der Waals surface area (Å²) < 4.78 is 1.40. The maximum atomic E-state index is 4.15. The summed E-state index contributed by atoms with van der Waals surface area (Å²) in [6.45, 7) is 18.8. The normalized spacial score (nSPS) is 13.1. The molecule has 0 spiro atoms. The summed E-state index contributed by atoms with van der Waals surface area (Å²) in [7, 11) is 0. The van der Waals surface area contributed by atoms with Gasteiger partial charge in [-0.05, 0) is 89.6 Å². The van der Waals surface area contributed by atoms with E-state index in [1.54, 1.807) is 0 Å². The first-order valence-electron chi connectivity index (χ1n) is 12.0. The average Bonchev–Trinajstić information content (AvgIpc) is 3.22. The molecule has 0 aliphatic heterocycles. The molecule has 0 unspecified atom stereocenters. The van der Waals surface area contributed by atoms with Gasteiger partial charge in [-0.25, -0.2) is 0 Å². The fourth-order valence-electron chi connectivity index (χ4n) is 4.86. The Hall–Kier alpha value is -2.64. The molecule has 0 atom stereocenters. The van der Waals surface area contributed by atoms with Crippen molar-refractivity contribution in [1.82, 2.24) is 0 Å². The third-order valence-electron chi connectivity index (χ3n) is 6.25. The lowest BCUT2D eigenvalue weighted by Crippen LogP contribution is -1.99. The minimum Gasteiger partial charge on any atom is -0.140 e. The molecule has 1 aliphatic carbocycles. The Morgan fingerprint density at radius 1 is 0.812 bits per heavy atom. The first-order chi connectivity index (χ1) is 15.6. The van der Waals surface area contributed by atoms with Gasteiger partial charge in [-0.1, -0.05) is 76.8 Å². The minimum atomic E-state index is 1.10. The van der Waals surface area contributed by atoms with E-state index in [1.807, 2.05) is 39.0 Å². The maximum absolute atomic E-state index is 4.15. The van der Waals surface area contributed by atoms with Crippen molar-refractivity contribution in [2.75, 3.05) is 0 Å². The van der Waals surface area contributed by atoms with E-state index in [0.29, 0.717) is 0 Å². The van der Waals surface area contributed by atoms with E-state index in [-0.39, 0.29) is 0 Å². The number of aryl methyl sites for hydroxylation is 3. The largest absolute Gasteiger partial charge is 0.140 e. The van der Waals surface area contributed by atoms with E-state index in [0.717, 1.165) is 12.8 Å². The van der Waals surface area contributed by atoms with E-state index >= 15 is 0 Å². The molecule has 166 valence electrons. The van der Waals surface area contributed by atoms with Crippen molar-refractivity contribution >= 4 is 48.5 Å². The molecule has 32 heavy (non-hydrogen) atoms. The van der Waals surface area contributed by atoms with Crippen molar-refractivity contribution in [3.05, 3.63) is 88.3 Å². The molecule has 0 nitrogen and oxygen atoms in total. The third-order valence-corrected chi connectivity index (χ3v) is 7.47. The van der Waals surface area contributed by atoms with Gasteiger partial charge in [0.15, 0.2) is 0 Å². The summed E-state index contributed by atoms with van der Waals surface area (Å²) in [5.41, 5.74) is 6.92. The Morgan fingerprint density at radius 2 is 1.41 bits per heavy atom. The Balaban J connectivity index is 0.000000686. The molecular weight excluding hydrogens is 404 g/mol. The number of benzene rings is 3. The topological polar surface area (TPSA) is 0 Å². The zero-order valence-corrected chi connectivity index (χ0v) is 21.5. The molecule has 1 heteroatoms. The molecule has 5 rings (SSSR count). The van der Waals surface area contributed by atoms with E-state index in [2.05, 4.69) is 82.0 Å². The standard InChI is InChI=1S/C27H24S.2C2H6/c1-5-9-18-12-13-25-27(19(18)6-2)24-14-22-16(3)20-10-7-8-11-21(20)17(4)23(22)15-26(24)28-25;2*1-2/h5-11,14-15H,2,12-13H2,1,3-4H3;2*1-2H3/b9-5-;;. The number of fused-ring (bicyclic) bond motifs is 5. The number of thiophene rings is 1. The van der Waals surface area contributed by atoms with Gasteiger partial charge < -0.3 is 0 Å². The van der Waals surface area contributed by atoms with Crippen LogP contribution in [0.1, 0.15) is 62.6 Å². The van der Waals surface area contributed by atoms with Crippen LogP contribution < -0.4 is 0 Å². The zero-order chi connectivity index (χ0) is 23.4. The van der Waals surface area contributed by atoms with Crippen LogP contribution in [0.2, 0.25) is 0 Å². The van der Waals surface area contributed by atoms with Crippen LogP contribution >= 0.6 is 11.3 Å². The van der Waals surface area contributed by atoms with Gasteiger partial charge in [0.2, 0.25) is 0 Å². The van der Waals surface area contributed by atoms with Gasteiger partial charge in [0.05, 0.1) is 0 Å². The predicted molar refractivity (Wildman–Crippen MR) is 149 cm³/mol. The molecule has 3 aromatic carbocycles. The van der Waals surface area contributed by atoms with Crippen LogP contribution in [0.3, 0.4) is 0 Å². The smallest absolute Gasteiger partial charge is 0.0358 e. The van der Waals surface area contributed by atoms with Crippen molar-refractivity contribution in [3.63, 3.8) is 0 Å². The number of allylic oxidation sites excluding steroid dienone is 5. The molecule has 1 heterocycles. The molecule has 0 amide bonds.